The Bertz CT molecular complexity index is 481. The molecule has 0 saturated heterocycles. The largest absolute Gasteiger partial charge is 0.383 e. The maximum Gasteiger partial charge on any atom is 0.226 e. The Labute approximate surface area is 119 Å². The first kappa shape index (κ1) is 13.3. The van der Waals surface area contributed by atoms with Gasteiger partial charge in [-0.1, -0.05) is 19.4 Å². The first-order valence-corrected chi connectivity index (χ1v) is 7.46. The van der Waals surface area contributed by atoms with Crippen LogP contribution in [-0.4, -0.2) is 9.97 Å². The molecule has 2 aromatic rings. The number of nitrogen functional groups attached to an aromatic ring is 1. The summed E-state index contributed by atoms with van der Waals surface area (Å²) in [6.07, 6.45) is 2.13. The number of nitrogens with zero attached hydrogens (tertiary/aromatic N) is 2. The van der Waals surface area contributed by atoms with Gasteiger partial charge in [-0.2, -0.15) is 4.98 Å². The number of hydrogen-bond acceptors (Lipinski definition) is 5. The molecule has 3 N–H and O–H groups in total. The van der Waals surface area contributed by atoms with Crippen molar-refractivity contribution >= 4 is 39.0 Å². The summed E-state index contributed by atoms with van der Waals surface area (Å²) >= 11 is 5.06. The van der Waals surface area contributed by atoms with E-state index in [-0.39, 0.29) is 6.04 Å². The SMILES string of the molecule is CCCC(Nc1nc(N)cc(Br)n1)c1cccs1. The van der Waals surface area contributed by atoms with E-state index in [2.05, 4.69) is 55.7 Å². The lowest BCUT2D eigenvalue weighted by Gasteiger charge is -2.16. The molecular weight excluding hydrogens is 312 g/mol. The smallest absolute Gasteiger partial charge is 0.226 e. The van der Waals surface area contributed by atoms with Crippen LogP contribution in [0.1, 0.15) is 30.7 Å². The van der Waals surface area contributed by atoms with Gasteiger partial charge in [-0.15, -0.1) is 11.3 Å². The summed E-state index contributed by atoms with van der Waals surface area (Å²) in [4.78, 5) is 9.77. The summed E-state index contributed by atoms with van der Waals surface area (Å²) in [5.74, 6) is 1.02. The maximum atomic E-state index is 5.71. The molecule has 1 unspecified atom stereocenters. The van der Waals surface area contributed by atoms with E-state index < -0.39 is 0 Å². The third-order valence-electron chi connectivity index (χ3n) is 2.48. The zero-order chi connectivity index (χ0) is 13.0. The van der Waals surface area contributed by atoms with Crippen LogP contribution in [0, 0.1) is 0 Å². The van der Waals surface area contributed by atoms with Crippen molar-refractivity contribution in [2.24, 2.45) is 0 Å². The van der Waals surface area contributed by atoms with E-state index in [1.807, 2.05) is 0 Å². The Morgan fingerprint density at radius 3 is 2.94 bits per heavy atom. The maximum absolute atomic E-state index is 5.71. The lowest BCUT2D eigenvalue weighted by molar-refractivity contribution is 0.680. The third kappa shape index (κ3) is 3.43. The van der Waals surface area contributed by atoms with Gasteiger partial charge >= 0.3 is 0 Å². The highest BCUT2D eigenvalue weighted by molar-refractivity contribution is 9.10. The molecular formula is C12H15BrN4S. The van der Waals surface area contributed by atoms with E-state index in [4.69, 9.17) is 5.73 Å². The molecule has 0 fully saturated rings. The van der Waals surface area contributed by atoms with Crippen molar-refractivity contribution in [1.82, 2.24) is 9.97 Å². The minimum Gasteiger partial charge on any atom is -0.383 e. The van der Waals surface area contributed by atoms with E-state index in [1.54, 1.807) is 17.4 Å². The molecule has 2 aromatic heterocycles. The highest BCUT2D eigenvalue weighted by Gasteiger charge is 2.13. The second-order valence-electron chi connectivity index (χ2n) is 3.94. The van der Waals surface area contributed by atoms with E-state index in [0.717, 1.165) is 12.8 Å². The zero-order valence-corrected chi connectivity index (χ0v) is 12.5. The number of nitrogens with two attached hydrogens (primary N) is 1. The van der Waals surface area contributed by atoms with Gasteiger partial charge in [-0.25, -0.2) is 4.98 Å². The van der Waals surface area contributed by atoms with Gasteiger partial charge < -0.3 is 11.1 Å². The Morgan fingerprint density at radius 1 is 1.50 bits per heavy atom. The van der Waals surface area contributed by atoms with Crippen LogP contribution in [0.2, 0.25) is 0 Å². The van der Waals surface area contributed by atoms with Crippen LogP contribution in [0.15, 0.2) is 28.2 Å². The van der Waals surface area contributed by atoms with Gasteiger partial charge in [0.1, 0.15) is 10.4 Å². The normalized spacial score (nSPS) is 12.3. The van der Waals surface area contributed by atoms with E-state index >= 15 is 0 Å². The lowest BCUT2D eigenvalue weighted by atomic mass is 10.1. The number of thiophene rings is 1. The summed E-state index contributed by atoms with van der Waals surface area (Å²) in [6, 6.07) is 6.11. The molecule has 0 saturated carbocycles. The van der Waals surface area contributed by atoms with Crippen molar-refractivity contribution in [1.29, 1.82) is 0 Å². The highest BCUT2D eigenvalue weighted by atomic mass is 79.9. The van der Waals surface area contributed by atoms with Crippen LogP contribution in [0.4, 0.5) is 11.8 Å². The molecule has 0 aliphatic rings. The minimum atomic E-state index is 0.240. The predicted molar refractivity (Wildman–Crippen MR) is 79.7 cm³/mol. The first-order valence-electron chi connectivity index (χ1n) is 5.79. The molecule has 18 heavy (non-hydrogen) atoms. The Balaban J connectivity index is 2.18. The van der Waals surface area contributed by atoms with Gasteiger partial charge in [0.15, 0.2) is 0 Å². The number of anilines is 2. The van der Waals surface area contributed by atoms with Crippen LogP contribution >= 0.6 is 27.3 Å². The molecule has 96 valence electrons. The number of hydrogen-bond donors (Lipinski definition) is 2. The summed E-state index contributed by atoms with van der Waals surface area (Å²) in [5.41, 5.74) is 5.71. The number of rotatable bonds is 5. The van der Waals surface area contributed by atoms with Crippen LogP contribution in [0.5, 0.6) is 0 Å². The fourth-order valence-electron chi connectivity index (χ4n) is 1.72. The van der Waals surface area contributed by atoms with Gasteiger partial charge in [0.25, 0.3) is 0 Å². The molecule has 0 spiro atoms. The molecule has 1 atom stereocenters. The number of nitrogens with one attached hydrogen (secondary N) is 1. The average Bonchev–Trinajstić information content (AvgIpc) is 2.80. The summed E-state index contributed by atoms with van der Waals surface area (Å²) in [7, 11) is 0. The molecule has 2 heterocycles. The molecule has 0 aliphatic heterocycles. The van der Waals surface area contributed by atoms with Crippen molar-refractivity contribution in [3.63, 3.8) is 0 Å². The fourth-order valence-corrected chi connectivity index (χ4v) is 2.93. The fraction of sp³-hybridized carbons (Fsp3) is 0.333. The van der Waals surface area contributed by atoms with Gasteiger partial charge in [0.2, 0.25) is 5.95 Å². The van der Waals surface area contributed by atoms with Gasteiger partial charge in [0, 0.05) is 10.9 Å². The monoisotopic (exact) mass is 326 g/mol. The van der Waals surface area contributed by atoms with Gasteiger partial charge in [-0.3, -0.25) is 0 Å². The number of halogens is 1. The van der Waals surface area contributed by atoms with E-state index in [9.17, 15) is 0 Å². The molecule has 0 amide bonds. The molecule has 2 rings (SSSR count). The Kier molecular flexibility index (Phi) is 4.54. The summed E-state index contributed by atoms with van der Waals surface area (Å²) in [5, 5.41) is 5.42. The third-order valence-corrected chi connectivity index (χ3v) is 3.87. The van der Waals surface area contributed by atoms with Crippen LogP contribution in [-0.2, 0) is 0 Å². The molecule has 0 aromatic carbocycles. The molecule has 0 bridgehead atoms. The van der Waals surface area contributed by atoms with E-state index in [1.165, 1.54) is 4.88 Å². The molecule has 4 nitrogen and oxygen atoms in total. The van der Waals surface area contributed by atoms with Crippen LogP contribution in [0.3, 0.4) is 0 Å². The molecule has 6 heteroatoms. The van der Waals surface area contributed by atoms with Crippen molar-refractivity contribution in [2.45, 2.75) is 25.8 Å². The topological polar surface area (TPSA) is 63.8 Å². The van der Waals surface area contributed by atoms with Crippen LogP contribution < -0.4 is 11.1 Å². The number of aromatic nitrogens is 2. The summed E-state index contributed by atoms with van der Waals surface area (Å²) < 4.78 is 0.693. The van der Waals surface area contributed by atoms with Crippen molar-refractivity contribution < 1.29 is 0 Å². The summed E-state index contributed by atoms with van der Waals surface area (Å²) in [6.45, 7) is 2.17. The van der Waals surface area contributed by atoms with E-state index in [0.29, 0.717) is 16.4 Å². The van der Waals surface area contributed by atoms with Gasteiger partial charge in [0.05, 0.1) is 6.04 Å². The van der Waals surface area contributed by atoms with Crippen molar-refractivity contribution in [3.8, 4) is 0 Å². The van der Waals surface area contributed by atoms with Crippen molar-refractivity contribution in [2.75, 3.05) is 11.1 Å². The second-order valence-corrected chi connectivity index (χ2v) is 5.73. The van der Waals surface area contributed by atoms with Gasteiger partial charge in [-0.05, 0) is 33.8 Å². The lowest BCUT2D eigenvalue weighted by Crippen LogP contribution is -2.12. The van der Waals surface area contributed by atoms with Crippen LogP contribution in [0.25, 0.3) is 0 Å². The predicted octanol–water partition coefficient (Wildman–Crippen LogP) is 3.84. The standard InChI is InChI=1S/C12H15BrN4S/c1-2-4-8(9-5-3-6-18-9)15-12-16-10(13)7-11(14)17-12/h3,5-8H,2,4H2,1H3,(H3,14,15,16,17). The quantitative estimate of drug-likeness (QED) is 0.819. The minimum absolute atomic E-state index is 0.240. The average molecular weight is 327 g/mol. The second kappa shape index (κ2) is 6.15. The molecule has 0 radical (unpaired) electrons. The molecule has 0 aliphatic carbocycles. The first-order chi connectivity index (χ1) is 8.69. The Morgan fingerprint density at radius 2 is 2.33 bits per heavy atom. The zero-order valence-electron chi connectivity index (χ0n) is 10.1. The Hall–Kier alpha value is -1.14. The van der Waals surface area contributed by atoms with Crippen molar-refractivity contribution in [3.05, 3.63) is 33.1 Å². The highest BCUT2D eigenvalue weighted by Crippen LogP contribution is 2.26.